The van der Waals surface area contributed by atoms with Crippen LogP contribution in [0.3, 0.4) is 0 Å². The van der Waals surface area contributed by atoms with Gasteiger partial charge in [-0.05, 0) is 43.1 Å². The predicted octanol–water partition coefficient (Wildman–Crippen LogP) is 4.89. The van der Waals surface area contributed by atoms with Crippen molar-refractivity contribution in [3.63, 3.8) is 0 Å². The quantitative estimate of drug-likeness (QED) is 0.396. The summed E-state index contributed by atoms with van der Waals surface area (Å²) in [6.45, 7) is 4.09. The fourth-order valence-corrected chi connectivity index (χ4v) is 6.92. The lowest BCUT2D eigenvalue weighted by Crippen LogP contribution is -2.22. The number of carbonyl (C=O) groups is 1. The third-order valence-electron chi connectivity index (χ3n) is 4.07. The van der Waals surface area contributed by atoms with E-state index in [1.165, 1.54) is 5.31 Å². The molecular weight excluding hydrogens is 339 g/mol. The minimum absolute atomic E-state index is 0.264. The lowest BCUT2D eigenvalue weighted by molar-refractivity contribution is -0.134. The Morgan fingerprint density at radius 1 is 0.962 bits per heavy atom. The Labute approximate surface area is 157 Å². The van der Waals surface area contributed by atoms with E-state index in [1.54, 1.807) is 0 Å². The van der Waals surface area contributed by atoms with Crippen LogP contribution in [0, 0.1) is 0 Å². The monoisotopic (exact) mass is 366 g/mol. The molecule has 0 atom stereocenters. The van der Waals surface area contributed by atoms with Crippen molar-refractivity contribution in [3.05, 3.63) is 84.2 Å². The molecule has 0 spiro atoms. The third-order valence-corrected chi connectivity index (χ3v) is 8.04. The molecule has 2 aromatic carbocycles. The molecule has 0 amide bonds. The number of carbonyl (C=O) groups excluding carboxylic acids is 1. The zero-order valence-corrected chi connectivity index (χ0v) is 16.7. The van der Waals surface area contributed by atoms with Crippen molar-refractivity contribution < 1.29 is 9.53 Å². The molecule has 0 saturated heterocycles. The van der Waals surface area contributed by atoms with E-state index in [0.717, 1.165) is 17.0 Å². The van der Waals surface area contributed by atoms with Gasteiger partial charge < -0.3 is 4.74 Å². The van der Waals surface area contributed by atoms with Crippen molar-refractivity contribution in [1.82, 2.24) is 0 Å². The van der Waals surface area contributed by atoms with Crippen molar-refractivity contribution in [1.29, 1.82) is 0 Å². The summed E-state index contributed by atoms with van der Waals surface area (Å²) in [6.07, 6.45) is 7.30. The van der Waals surface area contributed by atoms with E-state index in [0.29, 0.717) is 6.61 Å². The molecule has 0 aliphatic rings. The van der Waals surface area contributed by atoms with Gasteiger partial charge in [0.2, 0.25) is 0 Å². The summed E-state index contributed by atoms with van der Waals surface area (Å²) in [5.41, 5.74) is 0. The summed E-state index contributed by atoms with van der Waals surface area (Å²) in [4.78, 5) is 12.6. The lowest BCUT2D eigenvalue weighted by atomic mass is 10.3. The highest BCUT2D eigenvalue weighted by molar-refractivity contribution is 7.92. The molecule has 0 aliphatic carbocycles. The van der Waals surface area contributed by atoms with E-state index < -0.39 is 6.89 Å². The van der Waals surface area contributed by atoms with Gasteiger partial charge in [-0.1, -0.05) is 85.8 Å². The van der Waals surface area contributed by atoms with Crippen LogP contribution in [0.4, 0.5) is 0 Å². The van der Waals surface area contributed by atoms with Crippen LogP contribution in [0.15, 0.2) is 84.2 Å². The number of benzene rings is 2. The third kappa shape index (κ3) is 4.45. The van der Waals surface area contributed by atoms with E-state index in [-0.39, 0.29) is 5.97 Å². The SMILES string of the molecule is C/C=C\C(=C/CC)P(=CC(=O)OCC)(c1ccccc1)c1ccccc1. The first kappa shape index (κ1) is 20.0. The molecular formula is C23H27O2P. The smallest absolute Gasteiger partial charge is 0.331 e. The number of esters is 1. The average Bonchev–Trinajstić information content (AvgIpc) is 2.68. The van der Waals surface area contributed by atoms with Crippen LogP contribution < -0.4 is 10.6 Å². The van der Waals surface area contributed by atoms with Gasteiger partial charge in [0.1, 0.15) is 0 Å². The van der Waals surface area contributed by atoms with Gasteiger partial charge in [0.25, 0.3) is 0 Å². The molecule has 0 radical (unpaired) electrons. The predicted molar refractivity (Wildman–Crippen MR) is 115 cm³/mol. The first-order valence-corrected chi connectivity index (χ1v) is 10.9. The maximum Gasteiger partial charge on any atom is 0.331 e. The van der Waals surface area contributed by atoms with E-state index >= 15 is 0 Å². The summed E-state index contributed by atoms with van der Waals surface area (Å²) in [6, 6.07) is 20.6. The summed E-state index contributed by atoms with van der Waals surface area (Å²) in [7, 11) is 0. The highest BCUT2D eigenvalue weighted by Crippen LogP contribution is 2.53. The standard InChI is InChI=1S/C23H27O2P/c1-4-13-20(14-5-2)26(19-23(24)25-6-3,21-15-9-7-10-16-21)22-17-11-8-12-18-22/h4,7-19H,5-6H2,1-3H3/b13-4-,20-14+. The molecule has 2 aromatic rings. The number of allylic oxidation sites excluding steroid dienone is 4. The number of ether oxygens (including phenoxy) is 1. The molecule has 0 bridgehead atoms. The molecule has 2 rings (SSSR count). The Morgan fingerprint density at radius 2 is 1.50 bits per heavy atom. The number of hydrogen-bond acceptors (Lipinski definition) is 2. The van der Waals surface area contributed by atoms with Crippen LogP contribution in [0.25, 0.3) is 0 Å². The van der Waals surface area contributed by atoms with Crippen LogP contribution in [0.2, 0.25) is 0 Å². The zero-order valence-electron chi connectivity index (χ0n) is 15.8. The van der Waals surface area contributed by atoms with Crippen LogP contribution in [-0.2, 0) is 9.53 Å². The number of hydrogen-bond donors (Lipinski definition) is 0. The van der Waals surface area contributed by atoms with Crippen LogP contribution in [0.1, 0.15) is 27.2 Å². The van der Waals surface area contributed by atoms with E-state index in [1.807, 2.05) is 62.1 Å². The molecule has 26 heavy (non-hydrogen) atoms. The Kier molecular flexibility index (Phi) is 7.69. The van der Waals surface area contributed by atoms with Gasteiger partial charge in [0.05, 0.1) is 6.61 Å². The molecule has 0 aromatic heterocycles. The summed E-state index contributed by atoms with van der Waals surface area (Å²) in [5.74, 6) is 1.56. The van der Waals surface area contributed by atoms with E-state index in [4.69, 9.17) is 4.74 Å². The van der Waals surface area contributed by atoms with Crippen molar-refractivity contribution in [2.24, 2.45) is 0 Å². The van der Waals surface area contributed by atoms with Crippen molar-refractivity contribution in [2.75, 3.05) is 6.61 Å². The highest BCUT2D eigenvalue weighted by Gasteiger charge is 2.27. The van der Waals surface area contributed by atoms with E-state index in [9.17, 15) is 4.79 Å². The van der Waals surface area contributed by atoms with Crippen LogP contribution in [0.5, 0.6) is 0 Å². The summed E-state index contributed by atoms with van der Waals surface area (Å²) < 4.78 is 5.33. The molecule has 0 saturated carbocycles. The van der Waals surface area contributed by atoms with Crippen molar-refractivity contribution >= 4 is 29.3 Å². The normalized spacial score (nSPS) is 12.2. The van der Waals surface area contributed by atoms with Gasteiger partial charge in [-0.15, -0.1) is 0 Å². The van der Waals surface area contributed by atoms with Crippen LogP contribution in [-0.4, -0.2) is 18.4 Å². The van der Waals surface area contributed by atoms with Crippen molar-refractivity contribution in [2.45, 2.75) is 27.2 Å². The second-order valence-corrected chi connectivity index (χ2v) is 9.07. The minimum Gasteiger partial charge on any atom is -0.463 e. The van der Waals surface area contributed by atoms with Gasteiger partial charge in [-0.25, -0.2) is 4.79 Å². The highest BCUT2D eigenvalue weighted by atomic mass is 31.2. The molecule has 0 aliphatic heterocycles. The second-order valence-electron chi connectivity index (χ2n) is 5.81. The number of rotatable bonds is 7. The molecule has 0 N–H and O–H groups in total. The largest absolute Gasteiger partial charge is 0.463 e. The first-order valence-electron chi connectivity index (χ1n) is 9.05. The molecule has 0 fully saturated rings. The lowest BCUT2D eigenvalue weighted by Gasteiger charge is -2.29. The van der Waals surface area contributed by atoms with Crippen LogP contribution >= 0.6 is 6.89 Å². The molecule has 136 valence electrons. The zero-order chi connectivity index (χ0) is 18.8. The summed E-state index contributed by atoms with van der Waals surface area (Å²) in [5, 5.41) is 3.47. The van der Waals surface area contributed by atoms with Gasteiger partial charge in [0.15, 0.2) is 0 Å². The Bertz CT molecular complexity index is 774. The molecule has 2 nitrogen and oxygen atoms in total. The van der Waals surface area contributed by atoms with Gasteiger partial charge in [0, 0.05) is 5.80 Å². The fraction of sp³-hybridized carbons (Fsp3) is 0.217. The first-order chi connectivity index (χ1) is 12.7. The Morgan fingerprint density at radius 3 is 1.92 bits per heavy atom. The fourth-order valence-electron chi connectivity index (χ4n) is 3.04. The second kappa shape index (κ2) is 9.99. The minimum atomic E-state index is -2.26. The van der Waals surface area contributed by atoms with Gasteiger partial charge >= 0.3 is 5.97 Å². The molecule has 3 heteroatoms. The van der Waals surface area contributed by atoms with Gasteiger partial charge in [-0.2, -0.15) is 0 Å². The average molecular weight is 366 g/mol. The Balaban J connectivity index is 2.93. The summed E-state index contributed by atoms with van der Waals surface area (Å²) >= 11 is 0. The Hall–Kier alpha value is -2.31. The van der Waals surface area contributed by atoms with Gasteiger partial charge in [-0.3, -0.25) is 0 Å². The topological polar surface area (TPSA) is 26.3 Å². The molecule has 0 unspecified atom stereocenters. The van der Waals surface area contributed by atoms with E-state index in [2.05, 4.69) is 43.3 Å². The maximum absolute atomic E-state index is 12.6. The molecule has 0 heterocycles. The van der Waals surface area contributed by atoms with Crippen molar-refractivity contribution in [3.8, 4) is 0 Å². The maximum atomic E-state index is 12.6.